The zero-order chi connectivity index (χ0) is 18.6. The van der Waals surface area contributed by atoms with Gasteiger partial charge in [-0.05, 0) is 29.7 Å². The molecular formula is C19H20F2N2O2. The Bertz CT molecular complexity index is 791. The molecule has 0 spiro atoms. The minimum Gasteiger partial charge on any atom is -0.324 e. The third-order valence-corrected chi connectivity index (χ3v) is 3.73. The summed E-state index contributed by atoms with van der Waals surface area (Å²) in [5, 5.41) is 2.47. The molecule has 0 unspecified atom stereocenters. The predicted molar refractivity (Wildman–Crippen MR) is 93.5 cm³/mol. The number of carbonyl (C=O) groups excluding carboxylic acids is 2. The summed E-state index contributed by atoms with van der Waals surface area (Å²) in [5.74, 6) is -2.65. The Morgan fingerprint density at radius 3 is 2.36 bits per heavy atom. The van der Waals surface area contributed by atoms with Crippen molar-refractivity contribution < 1.29 is 18.4 Å². The summed E-state index contributed by atoms with van der Waals surface area (Å²) < 4.78 is 26.2. The van der Waals surface area contributed by atoms with Crippen molar-refractivity contribution in [1.82, 2.24) is 0 Å². The molecule has 0 saturated heterocycles. The van der Waals surface area contributed by atoms with Crippen LogP contribution in [0.5, 0.6) is 0 Å². The molecule has 2 amide bonds. The summed E-state index contributed by atoms with van der Waals surface area (Å²) in [6.07, 6.45) is 0. The monoisotopic (exact) mass is 346 g/mol. The number of anilines is 2. The first-order chi connectivity index (χ1) is 11.8. The largest absolute Gasteiger partial charge is 0.324 e. The van der Waals surface area contributed by atoms with E-state index in [1.165, 1.54) is 17.9 Å². The number of rotatable bonds is 5. The van der Waals surface area contributed by atoms with Crippen LogP contribution in [0.4, 0.5) is 20.2 Å². The number of nitrogens with one attached hydrogen (secondary N) is 1. The van der Waals surface area contributed by atoms with Crippen molar-refractivity contribution in [3.8, 4) is 0 Å². The van der Waals surface area contributed by atoms with Crippen LogP contribution in [0.25, 0.3) is 0 Å². The molecule has 0 saturated carbocycles. The zero-order valence-corrected chi connectivity index (χ0v) is 14.3. The molecule has 0 aliphatic rings. The maximum Gasteiger partial charge on any atom is 0.244 e. The van der Waals surface area contributed by atoms with Crippen LogP contribution in [0, 0.1) is 11.6 Å². The second-order valence-corrected chi connectivity index (χ2v) is 6.00. The molecule has 6 heteroatoms. The number of hydrogen-bond acceptors (Lipinski definition) is 2. The highest BCUT2D eigenvalue weighted by molar-refractivity contribution is 6.02. The maximum atomic E-state index is 13.2. The molecule has 25 heavy (non-hydrogen) atoms. The highest BCUT2D eigenvalue weighted by Crippen LogP contribution is 2.27. The highest BCUT2D eigenvalue weighted by Gasteiger charge is 2.20. The Kier molecular flexibility index (Phi) is 5.85. The molecule has 2 rings (SSSR count). The van der Waals surface area contributed by atoms with Gasteiger partial charge in [0.1, 0.15) is 6.54 Å². The standard InChI is InChI=1S/C19H20F2N2O2/c1-12(2)15-6-4-5-7-18(15)23(13(3)24)11-19(25)22-14-8-9-16(20)17(21)10-14/h4-10,12H,11H2,1-3H3,(H,22,25). The Morgan fingerprint density at radius 2 is 1.76 bits per heavy atom. The molecule has 0 atom stereocenters. The van der Waals surface area contributed by atoms with Gasteiger partial charge in [0.05, 0.1) is 0 Å². The summed E-state index contributed by atoms with van der Waals surface area (Å²) in [4.78, 5) is 25.7. The molecule has 2 aromatic rings. The fraction of sp³-hybridized carbons (Fsp3) is 0.263. The van der Waals surface area contributed by atoms with E-state index < -0.39 is 17.5 Å². The molecule has 1 N–H and O–H groups in total. The van der Waals surface area contributed by atoms with E-state index in [-0.39, 0.29) is 24.1 Å². The van der Waals surface area contributed by atoms with Crippen LogP contribution >= 0.6 is 0 Å². The van der Waals surface area contributed by atoms with Gasteiger partial charge in [-0.15, -0.1) is 0 Å². The van der Waals surface area contributed by atoms with Gasteiger partial charge in [-0.3, -0.25) is 9.59 Å². The average Bonchev–Trinajstić information content (AvgIpc) is 2.55. The molecule has 0 fully saturated rings. The first-order valence-electron chi connectivity index (χ1n) is 7.91. The van der Waals surface area contributed by atoms with Crippen LogP contribution in [0.2, 0.25) is 0 Å². The molecule has 0 bridgehead atoms. The first-order valence-corrected chi connectivity index (χ1v) is 7.91. The highest BCUT2D eigenvalue weighted by atomic mass is 19.2. The van der Waals surface area contributed by atoms with Crippen molar-refractivity contribution in [2.24, 2.45) is 0 Å². The fourth-order valence-electron chi connectivity index (χ4n) is 2.51. The third kappa shape index (κ3) is 4.62. The van der Waals surface area contributed by atoms with Gasteiger partial charge in [0.25, 0.3) is 0 Å². The second kappa shape index (κ2) is 7.88. The van der Waals surface area contributed by atoms with Crippen molar-refractivity contribution in [3.05, 3.63) is 59.7 Å². The van der Waals surface area contributed by atoms with Crippen LogP contribution in [-0.4, -0.2) is 18.4 Å². The lowest BCUT2D eigenvalue weighted by Gasteiger charge is -2.25. The molecule has 0 aromatic heterocycles. The lowest BCUT2D eigenvalue weighted by molar-refractivity contribution is -0.120. The van der Waals surface area contributed by atoms with E-state index in [0.717, 1.165) is 17.7 Å². The number of hydrogen-bond donors (Lipinski definition) is 1. The molecule has 0 heterocycles. The minimum absolute atomic E-state index is 0.129. The number of nitrogens with zero attached hydrogens (tertiary/aromatic N) is 1. The normalized spacial score (nSPS) is 10.6. The molecule has 132 valence electrons. The zero-order valence-electron chi connectivity index (χ0n) is 14.3. The Balaban J connectivity index is 2.20. The minimum atomic E-state index is -1.05. The van der Waals surface area contributed by atoms with Crippen LogP contribution in [-0.2, 0) is 9.59 Å². The topological polar surface area (TPSA) is 49.4 Å². The van der Waals surface area contributed by atoms with Gasteiger partial charge >= 0.3 is 0 Å². The number of amides is 2. The third-order valence-electron chi connectivity index (χ3n) is 3.73. The van der Waals surface area contributed by atoms with Crippen LogP contribution in [0.15, 0.2) is 42.5 Å². The summed E-state index contributed by atoms with van der Waals surface area (Å²) in [6.45, 7) is 5.15. The van der Waals surface area contributed by atoms with E-state index in [2.05, 4.69) is 5.32 Å². The van der Waals surface area contributed by atoms with E-state index in [9.17, 15) is 18.4 Å². The average molecular weight is 346 g/mol. The Hall–Kier alpha value is -2.76. The van der Waals surface area contributed by atoms with E-state index in [1.807, 2.05) is 26.0 Å². The molecule has 2 aromatic carbocycles. The summed E-state index contributed by atoms with van der Waals surface area (Å²) in [5.41, 5.74) is 1.73. The molecule has 0 aliphatic carbocycles. The Morgan fingerprint density at radius 1 is 1.08 bits per heavy atom. The second-order valence-electron chi connectivity index (χ2n) is 6.00. The first kappa shape index (κ1) is 18.6. The summed E-state index contributed by atoms with van der Waals surface area (Å²) >= 11 is 0. The van der Waals surface area contributed by atoms with Gasteiger partial charge < -0.3 is 10.2 Å². The molecule has 0 radical (unpaired) electrons. The quantitative estimate of drug-likeness (QED) is 0.887. The van der Waals surface area contributed by atoms with Crippen molar-refractivity contribution >= 4 is 23.2 Å². The summed E-state index contributed by atoms with van der Waals surface area (Å²) in [6, 6.07) is 10.4. The smallest absolute Gasteiger partial charge is 0.244 e. The van der Waals surface area contributed by atoms with Crippen molar-refractivity contribution in [1.29, 1.82) is 0 Å². The molecular weight excluding hydrogens is 326 g/mol. The number of para-hydroxylation sites is 1. The van der Waals surface area contributed by atoms with E-state index in [4.69, 9.17) is 0 Å². The number of carbonyl (C=O) groups is 2. The lowest BCUT2D eigenvalue weighted by atomic mass is 10.0. The fourth-order valence-corrected chi connectivity index (χ4v) is 2.51. The summed E-state index contributed by atoms with van der Waals surface area (Å²) in [7, 11) is 0. The number of halogens is 2. The van der Waals surface area contributed by atoms with Crippen molar-refractivity contribution in [3.63, 3.8) is 0 Å². The van der Waals surface area contributed by atoms with Gasteiger partial charge in [0.15, 0.2) is 11.6 Å². The van der Waals surface area contributed by atoms with E-state index >= 15 is 0 Å². The van der Waals surface area contributed by atoms with E-state index in [0.29, 0.717) is 5.69 Å². The van der Waals surface area contributed by atoms with Crippen LogP contribution in [0.3, 0.4) is 0 Å². The van der Waals surface area contributed by atoms with Gasteiger partial charge in [-0.2, -0.15) is 0 Å². The van der Waals surface area contributed by atoms with Gasteiger partial charge in [-0.1, -0.05) is 32.0 Å². The van der Waals surface area contributed by atoms with Gasteiger partial charge in [0.2, 0.25) is 11.8 Å². The lowest BCUT2D eigenvalue weighted by Crippen LogP contribution is -2.37. The predicted octanol–water partition coefficient (Wildman–Crippen LogP) is 4.08. The van der Waals surface area contributed by atoms with Gasteiger partial charge in [0, 0.05) is 24.4 Å². The van der Waals surface area contributed by atoms with Crippen LogP contribution < -0.4 is 10.2 Å². The van der Waals surface area contributed by atoms with E-state index in [1.54, 1.807) is 12.1 Å². The SMILES string of the molecule is CC(=O)N(CC(=O)Nc1ccc(F)c(F)c1)c1ccccc1C(C)C. The Labute approximate surface area is 145 Å². The molecule has 4 nitrogen and oxygen atoms in total. The number of benzene rings is 2. The van der Waals surface area contributed by atoms with Crippen LogP contribution in [0.1, 0.15) is 32.3 Å². The van der Waals surface area contributed by atoms with Crippen molar-refractivity contribution in [2.75, 3.05) is 16.8 Å². The van der Waals surface area contributed by atoms with Crippen molar-refractivity contribution in [2.45, 2.75) is 26.7 Å². The van der Waals surface area contributed by atoms with Gasteiger partial charge in [-0.25, -0.2) is 8.78 Å². The molecule has 0 aliphatic heterocycles. The maximum absolute atomic E-state index is 13.2.